The van der Waals surface area contributed by atoms with Crippen molar-refractivity contribution in [1.29, 1.82) is 0 Å². The molecule has 0 fully saturated rings. The monoisotopic (exact) mass is 377 g/mol. The standard InChI is InChI=1S/C20H24ClNO4/c1-13-7-6-8-14(2)18(13)22(15(3)19(24-4)25-5)20(23)26-17-11-9-16(21)10-12-17/h6-12,15,19H,1-5H3. The van der Waals surface area contributed by atoms with Crippen LogP contribution in [0.1, 0.15) is 18.1 Å². The molecule has 0 N–H and O–H groups in total. The molecule has 0 aliphatic carbocycles. The first-order chi connectivity index (χ1) is 12.4. The number of nitrogens with zero attached hydrogens (tertiary/aromatic N) is 1. The van der Waals surface area contributed by atoms with E-state index >= 15 is 0 Å². The molecule has 0 saturated heterocycles. The van der Waals surface area contributed by atoms with Gasteiger partial charge in [-0.1, -0.05) is 29.8 Å². The highest BCUT2D eigenvalue weighted by molar-refractivity contribution is 6.30. The van der Waals surface area contributed by atoms with Gasteiger partial charge in [0, 0.05) is 19.2 Å². The van der Waals surface area contributed by atoms with Gasteiger partial charge >= 0.3 is 6.09 Å². The lowest BCUT2D eigenvalue weighted by molar-refractivity contribution is -0.113. The quantitative estimate of drug-likeness (QED) is 0.667. The van der Waals surface area contributed by atoms with E-state index in [9.17, 15) is 4.79 Å². The summed E-state index contributed by atoms with van der Waals surface area (Å²) >= 11 is 5.89. The minimum atomic E-state index is -0.605. The van der Waals surface area contributed by atoms with Gasteiger partial charge in [-0.15, -0.1) is 0 Å². The molecule has 2 aromatic rings. The Kier molecular flexibility index (Phi) is 7.03. The second-order valence-electron chi connectivity index (χ2n) is 6.01. The van der Waals surface area contributed by atoms with Gasteiger partial charge in [0.05, 0.1) is 11.7 Å². The third kappa shape index (κ3) is 4.55. The molecule has 0 aliphatic rings. The third-order valence-electron chi connectivity index (χ3n) is 4.16. The zero-order valence-corrected chi connectivity index (χ0v) is 16.4. The number of carbonyl (C=O) groups excluding carboxylic acids is 1. The van der Waals surface area contributed by atoms with Crippen molar-refractivity contribution in [3.8, 4) is 5.75 Å². The van der Waals surface area contributed by atoms with E-state index < -0.39 is 18.4 Å². The molecule has 0 radical (unpaired) electrons. The van der Waals surface area contributed by atoms with Crippen LogP contribution < -0.4 is 9.64 Å². The van der Waals surface area contributed by atoms with Crippen LogP contribution in [0.5, 0.6) is 5.75 Å². The molecule has 0 aliphatic heterocycles. The fourth-order valence-corrected chi connectivity index (χ4v) is 3.04. The van der Waals surface area contributed by atoms with Gasteiger partial charge < -0.3 is 14.2 Å². The minimum Gasteiger partial charge on any atom is -0.410 e. The Bertz CT molecular complexity index is 724. The second kappa shape index (κ2) is 9.03. The van der Waals surface area contributed by atoms with Crippen molar-refractivity contribution in [2.45, 2.75) is 33.1 Å². The van der Waals surface area contributed by atoms with Gasteiger partial charge in [-0.05, 0) is 56.2 Å². The number of benzene rings is 2. The maximum absolute atomic E-state index is 13.0. The number of hydrogen-bond donors (Lipinski definition) is 0. The van der Waals surface area contributed by atoms with Crippen molar-refractivity contribution in [3.05, 3.63) is 58.6 Å². The summed E-state index contributed by atoms with van der Waals surface area (Å²) < 4.78 is 16.3. The average Bonchev–Trinajstić information content (AvgIpc) is 2.61. The molecule has 0 saturated carbocycles. The molecule has 0 heterocycles. The molecule has 2 rings (SSSR count). The van der Waals surface area contributed by atoms with Crippen LogP contribution >= 0.6 is 11.6 Å². The lowest BCUT2D eigenvalue weighted by Crippen LogP contribution is -2.48. The number of methoxy groups -OCH3 is 2. The highest BCUT2D eigenvalue weighted by atomic mass is 35.5. The Morgan fingerprint density at radius 2 is 1.54 bits per heavy atom. The van der Waals surface area contributed by atoms with Crippen LogP contribution in [0.25, 0.3) is 0 Å². The molecule has 2 aromatic carbocycles. The number of hydrogen-bond acceptors (Lipinski definition) is 4. The molecular formula is C20H24ClNO4. The van der Waals surface area contributed by atoms with E-state index in [4.69, 9.17) is 25.8 Å². The minimum absolute atomic E-state index is 0.411. The SMILES string of the molecule is COC(OC)C(C)N(C(=O)Oc1ccc(Cl)cc1)c1c(C)cccc1C. The van der Waals surface area contributed by atoms with E-state index in [0.717, 1.165) is 16.8 Å². The number of carbonyl (C=O) groups is 1. The zero-order chi connectivity index (χ0) is 19.3. The molecule has 0 aromatic heterocycles. The van der Waals surface area contributed by atoms with E-state index in [0.29, 0.717) is 10.8 Å². The predicted molar refractivity (Wildman–Crippen MR) is 103 cm³/mol. The fraction of sp³-hybridized carbons (Fsp3) is 0.350. The third-order valence-corrected chi connectivity index (χ3v) is 4.41. The smallest absolute Gasteiger partial charge is 0.410 e. The van der Waals surface area contributed by atoms with Crippen LogP contribution in [0.3, 0.4) is 0 Å². The highest BCUT2D eigenvalue weighted by Gasteiger charge is 2.32. The number of rotatable bonds is 6. The van der Waals surface area contributed by atoms with Crippen LogP contribution in [0.15, 0.2) is 42.5 Å². The molecule has 26 heavy (non-hydrogen) atoms. The normalized spacial score (nSPS) is 12.1. The first-order valence-electron chi connectivity index (χ1n) is 8.27. The van der Waals surface area contributed by atoms with E-state index in [-0.39, 0.29) is 0 Å². The summed E-state index contributed by atoms with van der Waals surface area (Å²) in [5, 5.41) is 0.573. The molecule has 0 bridgehead atoms. The van der Waals surface area contributed by atoms with Gasteiger partial charge in [0.2, 0.25) is 0 Å². The largest absolute Gasteiger partial charge is 0.420 e. The van der Waals surface area contributed by atoms with Crippen LogP contribution in [0, 0.1) is 13.8 Å². The number of ether oxygens (including phenoxy) is 3. The molecule has 1 unspecified atom stereocenters. The van der Waals surface area contributed by atoms with Crippen LogP contribution in [-0.4, -0.2) is 32.6 Å². The zero-order valence-electron chi connectivity index (χ0n) is 15.7. The molecule has 0 spiro atoms. The predicted octanol–water partition coefficient (Wildman–Crippen LogP) is 4.97. The number of para-hydroxylation sites is 1. The molecule has 5 nitrogen and oxygen atoms in total. The lowest BCUT2D eigenvalue weighted by atomic mass is 10.1. The van der Waals surface area contributed by atoms with Gasteiger partial charge in [-0.2, -0.15) is 0 Å². The number of halogens is 1. The highest BCUT2D eigenvalue weighted by Crippen LogP contribution is 2.29. The van der Waals surface area contributed by atoms with Gasteiger partial charge in [0.1, 0.15) is 5.75 Å². The van der Waals surface area contributed by atoms with Gasteiger partial charge in [-0.25, -0.2) is 4.79 Å². The van der Waals surface area contributed by atoms with Gasteiger partial charge in [0.15, 0.2) is 6.29 Å². The first kappa shape index (κ1) is 20.2. The van der Waals surface area contributed by atoms with E-state index in [1.54, 1.807) is 29.2 Å². The summed E-state index contributed by atoms with van der Waals surface area (Å²) in [4.78, 5) is 14.6. The van der Waals surface area contributed by atoms with Crippen LogP contribution in [0.2, 0.25) is 5.02 Å². The van der Waals surface area contributed by atoms with Crippen molar-refractivity contribution < 1.29 is 19.0 Å². The summed E-state index contributed by atoms with van der Waals surface area (Å²) in [6, 6.07) is 12.1. The summed E-state index contributed by atoms with van der Waals surface area (Å²) in [5.41, 5.74) is 2.68. The summed E-state index contributed by atoms with van der Waals surface area (Å²) in [5.74, 6) is 0.411. The summed E-state index contributed by atoms with van der Waals surface area (Å²) in [6.07, 6.45) is -1.12. The van der Waals surface area contributed by atoms with Crippen LogP contribution in [-0.2, 0) is 9.47 Å². The Balaban J connectivity index is 2.42. The van der Waals surface area contributed by atoms with E-state index in [1.807, 2.05) is 39.0 Å². The molecule has 1 atom stereocenters. The fourth-order valence-electron chi connectivity index (χ4n) is 2.91. The maximum Gasteiger partial charge on any atom is 0.420 e. The number of amides is 1. The second-order valence-corrected chi connectivity index (χ2v) is 6.45. The molecule has 6 heteroatoms. The van der Waals surface area contributed by atoms with E-state index in [1.165, 1.54) is 14.2 Å². The molecule has 140 valence electrons. The molecular weight excluding hydrogens is 354 g/mol. The summed E-state index contributed by atoms with van der Waals surface area (Å²) in [7, 11) is 3.08. The van der Waals surface area contributed by atoms with Crippen molar-refractivity contribution >= 4 is 23.4 Å². The Hall–Kier alpha value is -2.08. The van der Waals surface area contributed by atoms with Crippen molar-refractivity contribution in [2.75, 3.05) is 19.1 Å². The Morgan fingerprint density at radius 1 is 1.00 bits per heavy atom. The van der Waals surface area contributed by atoms with E-state index in [2.05, 4.69) is 0 Å². The first-order valence-corrected chi connectivity index (χ1v) is 8.65. The average molecular weight is 378 g/mol. The Labute approximate surface area is 159 Å². The van der Waals surface area contributed by atoms with Crippen molar-refractivity contribution in [2.24, 2.45) is 0 Å². The summed E-state index contributed by atoms with van der Waals surface area (Å²) in [6.45, 7) is 5.76. The maximum atomic E-state index is 13.0. The van der Waals surface area contributed by atoms with Gasteiger partial charge in [0.25, 0.3) is 0 Å². The number of anilines is 1. The molecule has 1 amide bonds. The van der Waals surface area contributed by atoms with Crippen molar-refractivity contribution in [1.82, 2.24) is 0 Å². The van der Waals surface area contributed by atoms with Gasteiger partial charge in [-0.3, -0.25) is 4.90 Å². The Morgan fingerprint density at radius 3 is 2.04 bits per heavy atom. The number of aryl methyl sites for hydroxylation is 2. The van der Waals surface area contributed by atoms with Crippen LogP contribution in [0.4, 0.5) is 10.5 Å². The topological polar surface area (TPSA) is 48.0 Å². The lowest BCUT2D eigenvalue weighted by Gasteiger charge is -2.34. The van der Waals surface area contributed by atoms with Crippen molar-refractivity contribution in [3.63, 3.8) is 0 Å².